The molecule has 1 aromatic rings. The topological polar surface area (TPSA) is 73.9 Å². The maximum Gasteiger partial charge on any atom is 0.271 e. The second-order valence-electron chi connectivity index (χ2n) is 5.35. The summed E-state index contributed by atoms with van der Waals surface area (Å²) in [5, 5.41) is 3.78. The number of carbonyl (C=O) groups is 1. The number of oxime groups is 1. The quantitative estimate of drug-likeness (QED) is 0.453. The van der Waals surface area contributed by atoms with Gasteiger partial charge in [0, 0.05) is 0 Å². The SMILES string of the molecule is C=CCOc1ccc(/C=C/C2=C(C(=NOC)C(N)=O)CCC2)cc1. The van der Waals surface area contributed by atoms with Gasteiger partial charge in [-0.05, 0) is 48.1 Å². The minimum Gasteiger partial charge on any atom is -0.490 e. The van der Waals surface area contributed by atoms with Crippen LogP contribution in [0.2, 0.25) is 0 Å². The summed E-state index contributed by atoms with van der Waals surface area (Å²) in [6.07, 6.45) is 8.36. The van der Waals surface area contributed by atoms with Crippen LogP contribution in [0.15, 0.2) is 59.3 Å². The van der Waals surface area contributed by atoms with Crippen molar-refractivity contribution in [3.05, 3.63) is 59.7 Å². The van der Waals surface area contributed by atoms with Crippen molar-refractivity contribution in [3.8, 4) is 5.75 Å². The van der Waals surface area contributed by atoms with E-state index in [9.17, 15) is 4.79 Å². The Morgan fingerprint density at radius 2 is 2.04 bits per heavy atom. The number of hydrogen-bond acceptors (Lipinski definition) is 4. The molecule has 1 aliphatic carbocycles. The van der Waals surface area contributed by atoms with Crippen molar-refractivity contribution in [2.24, 2.45) is 10.9 Å². The zero-order valence-electron chi connectivity index (χ0n) is 13.8. The van der Waals surface area contributed by atoms with Crippen molar-refractivity contribution >= 4 is 17.7 Å². The van der Waals surface area contributed by atoms with E-state index in [0.717, 1.165) is 41.7 Å². The lowest BCUT2D eigenvalue weighted by Crippen LogP contribution is -2.25. The van der Waals surface area contributed by atoms with E-state index in [4.69, 9.17) is 15.3 Å². The van der Waals surface area contributed by atoms with Crippen molar-refractivity contribution in [2.75, 3.05) is 13.7 Å². The smallest absolute Gasteiger partial charge is 0.271 e. The maximum absolute atomic E-state index is 11.6. The lowest BCUT2D eigenvalue weighted by atomic mass is 10.0. The van der Waals surface area contributed by atoms with Gasteiger partial charge in [-0.2, -0.15) is 0 Å². The van der Waals surface area contributed by atoms with Crippen LogP contribution in [0.25, 0.3) is 6.08 Å². The summed E-state index contributed by atoms with van der Waals surface area (Å²) in [7, 11) is 1.41. The molecule has 0 atom stereocenters. The molecule has 1 aliphatic rings. The molecule has 0 radical (unpaired) electrons. The van der Waals surface area contributed by atoms with Crippen LogP contribution in [0.5, 0.6) is 5.75 Å². The number of primary amides is 1. The van der Waals surface area contributed by atoms with Gasteiger partial charge in [-0.15, -0.1) is 0 Å². The second kappa shape index (κ2) is 8.72. The summed E-state index contributed by atoms with van der Waals surface area (Å²) < 4.78 is 5.46. The Hall–Kier alpha value is -2.82. The van der Waals surface area contributed by atoms with Gasteiger partial charge in [0.15, 0.2) is 5.71 Å². The normalized spacial score (nSPS) is 15.0. The molecular weight excluding hydrogens is 304 g/mol. The molecule has 1 aromatic carbocycles. The predicted molar refractivity (Wildman–Crippen MR) is 95.7 cm³/mol. The first-order chi connectivity index (χ1) is 11.7. The molecule has 0 spiro atoms. The Morgan fingerprint density at radius 1 is 1.29 bits per heavy atom. The Balaban J connectivity index is 2.17. The average molecular weight is 326 g/mol. The van der Waals surface area contributed by atoms with Crippen molar-refractivity contribution in [2.45, 2.75) is 19.3 Å². The van der Waals surface area contributed by atoms with Crippen molar-refractivity contribution in [1.82, 2.24) is 0 Å². The fraction of sp³-hybridized carbons (Fsp3) is 0.263. The summed E-state index contributed by atoms with van der Waals surface area (Å²) in [4.78, 5) is 16.3. The molecule has 0 aromatic heterocycles. The largest absolute Gasteiger partial charge is 0.490 e. The number of hydrogen-bond donors (Lipinski definition) is 1. The third-order valence-corrected chi connectivity index (χ3v) is 3.69. The third-order valence-electron chi connectivity index (χ3n) is 3.69. The van der Waals surface area contributed by atoms with Crippen LogP contribution in [0.1, 0.15) is 24.8 Å². The highest BCUT2D eigenvalue weighted by Gasteiger charge is 2.22. The highest BCUT2D eigenvalue weighted by molar-refractivity contribution is 6.45. The van der Waals surface area contributed by atoms with E-state index >= 15 is 0 Å². The van der Waals surface area contributed by atoms with Crippen molar-refractivity contribution < 1.29 is 14.4 Å². The summed E-state index contributed by atoms with van der Waals surface area (Å²) in [6, 6.07) is 7.77. The number of nitrogens with zero attached hydrogens (tertiary/aromatic N) is 1. The molecule has 0 saturated heterocycles. The van der Waals surface area contributed by atoms with Crippen LogP contribution >= 0.6 is 0 Å². The van der Waals surface area contributed by atoms with Gasteiger partial charge in [0.25, 0.3) is 5.91 Å². The highest BCUT2D eigenvalue weighted by atomic mass is 16.6. The molecule has 0 unspecified atom stereocenters. The molecule has 2 rings (SSSR count). The number of rotatable bonds is 8. The molecule has 0 heterocycles. The predicted octanol–water partition coefficient (Wildman–Crippen LogP) is 3.23. The number of benzene rings is 1. The molecule has 2 N–H and O–H groups in total. The fourth-order valence-electron chi connectivity index (χ4n) is 2.59. The fourth-order valence-corrected chi connectivity index (χ4v) is 2.59. The third kappa shape index (κ3) is 4.59. The monoisotopic (exact) mass is 326 g/mol. The van der Waals surface area contributed by atoms with E-state index < -0.39 is 5.91 Å². The molecule has 1 amide bonds. The van der Waals surface area contributed by atoms with Gasteiger partial charge in [0.2, 0.25) is 0 Å². The van der Waals surface area contributed by atoms with E-state index in [1.165, 1.54) is 7.11 Å². The van der Waals surface area contributed by atoms with Gasteiger partial charge in [0.1, 0.15) is 19.5 Å². The van der Waals surface area contributed by atoms with E-state index in [2.05, 4.69) is 11.7 Å². The first-order valence-electron chi connectivity index (χ1n) is 7.81. The minimum absolute atomic E-state index is 0.211. The summed E-state index contributed by atoms with van der Waals surface area (Å²) in [5.74, 6) is 0.236. The molecule has 5 heteroatoms. The molecule has 24 heavy (non-hydrogen) atoms. The Labute approximate surface area is 142 Å². The average Bonchev–Trinajstić information content (AvgIpc) is 3.04. The van der Waals surface area contributed by atoms with Crippen LogP contribution < -0.4 is 10.5 Å². The Morgan fingerprint density at radius 3 is 2.67 bits per heavy atom. The van der Waals surface area contributed by atoms with Gasteiger partial charge in [-0.1, -0.05) is 42.1 Å². The van der Waals surface area contributed by atoms with Gasteiger partial charge in [-0.3, -0.25) is 4.79 Å². The number of nitrogens with two attached hydrogens (primary N) is 1. The van der Waals surface area contributed by atoms with E-state index in [0.29, 0.717) is 6.61 Å². The van der Waals surface area contributed by atoms with Crippen molar-refractivity contribution in [3.63, 3.8) is 0 Å². The van der Waals surface area contributed by atoms with E-state index in [1.54, 1.807) is 6.08 Å². The van der Waals surface area contributed by atoms with Crippen LogP contribution in [-0.2, 0) is 9.63 Å². The second-order valence-corrected chi connectivity index (χ2v) is 5.35. The zero-order valence-corrected chi connectivity index (χ0v) is 13.8. The number of amides is 1. The molecule has 5 nitrogen and oxygen atoms in total. The van der Waals surface area contributed by atoms with Gasteiger partial charge in [-0.25, -0.2) is 0 Å². The minimum atomic E-state index is -0.566. The molecule has 126 valence electrons. The molecule has 0 bridgehead atoms. The molecular formula is C19H22N2O3. The van der Waals surface area contributed by atoms with Crippen LogP contribution in [0, 0.1) is 0 Å². The van der Waals surface area contributed by atoms with E-state index in [1.807, 2.05) is 36.4 Å². The van der Waals surface area contributed by atoms with Crippen LogP contribution in [-0.4, -0.2) is 25.3 Å². The summed E-state index contributed by atoms with van der Waals surface area (Å²) in [6.45, 7) is 4.11. The van der Waals surface area contributed by atoms with Crippen molar-refractivity contribution in [1.29, 1.82) is 0 Å². The lowest BCUT2D eigenvalue weighted by molar-refractivity contribution is -0.112. The van der Waals surface area contributed by atoms with Gasteiger partial charge < -0.3 is 15.3 Å². The maximum atomic E-state index is 11.6. The number of carbonyl (C=O) groups excluding carboxylic acids is 1. The summed E-state index contributed by atoms with van der Waals surface area (Å²) in [5.41, 5.74) is 8.59. The molecule has 0 fully saturated rings. The molecule has 0 aliphatic heterocycles. The standard InChI is InChI=1S/C19H22N2O3/c1-3-13-24-16-11-8-14(9-12-16)7-10-15-5-4-6-17(15)18(19(20)22)21-23-2/h3,7-12H,1,4-6,13H2,2H3,(H2,20,22)/b10-7+,21-18?. The number of allylic oxidation sites excluding steroid dienone is 2. The Bertz CT molecular complexity index is 685. The van der Waals surface area contributed by atoms with Gasteiger partial charge >= 0.3 is 0 Å². The lowest BCUT2D eigenvalue weighted by Gasteiger charge is -2.05. The van der Waals surface area contributed by atoms with E-state index in [-0.39, 0.29) is 5.71 Å². The Kier molecular flexibility index (Phi) is 6.37. The molecule has 0 saturated carbocycles. The number of ether oxygens (including phenoxy) is 1. The van der Waals surface area contributed by atoms with Crippen LogP contribution in [0.4, 0.5) is 0 Å². The first-order valence-corrected chi connectivity index (χ1v) is 7.81. The summed E-state index contributed by atoms with van der Waals surface area (Å²) >= 11 is 0. The van der Waals surface area contributed by atoms with Crippen LogP contribution in [0.3, 0.4) is 0 Å². The first kappa shape index (κ1) is 17.5. The highest BCUT2D eigenvalue weighted by Crippen LogP contribution is 2.29. The zero-order chi connectivity index (χ0) is 17.4. The van der Waals surface area contributed by atoms with Gasteiger partial charge in [0.05, 0.1) is 0 Å².